The first-order chi connectivity index (χ1) is 12.6. The first kappa shape index (κ1) is 25.0. The number of hydrogen-bond donors (Lipinski definition) is 3. The summed E-state index contributed by atoms with van der Waals surface area (Å²) in [7, 11) is -5.29. The van der Waals surface area contributed by atoms with Gasteiger partial charge in [0.05, 0.1) is 12.8 Å². The molecule has 162 valence electrons. The number of rotatable bonds is 6. The number of halogens is 4. The second-order valence-electron chi connectivity index (χ2n) is 6.02. The molecule has 1 aliphatic rings. The molecule has 1 saturated heterocycles. The molecule has 0 saturated carbocycles. The van der Waals surface area contributed by atoms with Gasteiger partial charge in [-0.15, -0.1) is 24.0 Å². The van der Waals surface area contributed by atoms with Crippen LogP contribution in [0.25, 0.3) is 0 Å². The van der Waals surface area contributed by atoms with Gasteiger partial charge in [0.1, 0.15) is 11.9 Å². The third-order valence-electron chi connectivity index (χ3n) is 4.07. The fourth-order valence-electron chi connectivity index (χ4n) is 2.65. The molecule has 0 aliphatic carbocycles. The van der Waals surface area contributed by atoms with E-state index in [1.807, 2.05) is 6.92 Å². The van der Waals surface area contributed by atoms with Gasteiger partial charge < -0.3 is 20.2 Å². The number of alkyl halides is 3. The Kier molecular flexibility index (Phi) is 9.49. The van der Waals surface area contributed by atoms with Crippen molar-refractivity contribution in [2.24, 2.45) is 4.99 Å². The third kappa shape index (κ3) is 6.49. The third-order valence-corrected chi connectivity index (χ3v) is 5.70. The number of furan rings is 1. The molecule has 28 heavy (non-hydrogen) atoms. The minimum Gasteiger partial charge on any atom is -0.467 e. The number of nitrogens with zero attached hydrogens (tertiary/aromatic N) is 2. The summed E-state index contributed by atoms with van der Waals surface area (Å²) in [4.78, 5) is 4.24. The first-order valence-corrected chi connectivity index (χ1v) is 9.92. The van der Waals surface area contributed by atoms with Crippen molar-refractivity contribution in [1.82, 2.24) is 14.9 Å². The van der Waals surface area contributed by atoms with Crippen molar-refractivity contribution in [2.75, 3.05) is 26.2 Å². The molecule has 3 N–H and O–H groups in total. The van der Waals surface area contributed by atoms with Gasteiger partial charge in [-0.25, -0.2) is 8.42 Å². The van der Waals surface area contributed by atoms with E-state index in [-0.39, 0.29) is 62.5 Å². The highest BCUT2D eigenvalue weighted by Gasteiger charge is 2.50. The van der Waals surface area contributed by atoms with E-state index in [0.29, 0.717) is 22.6 Å². The summed E-state index contributed by atoms with van der Waals surface area (Å²) in [5.74, 6) is 0.764. The quantitative estimate of drug-likeness (QED) is 0.289. The molecule has 0 aromatic carbocycles. The molecule has 1 aromatic rings. The van der Waals surface area contributed by atoms with Gasteiger partial charge in [-0.2, -0.15) is 17.5 Å². The van der Waals surface area contributed by atoms with E-state index in [4.69, 9.17) is 4.42 Å². The number of sulfonamides is 1. The minimum atomic E-state index is -5.29. The molecule has 8 nitrogen and oxygen atoms in total. The van der Waals surface area contributed by atoms with E-state index >= 15 is 0 Å². The van der Waals surface area contributed by atoms with Crippen molar-refractivity contribution in [3.8, 4) is 0 Å². The van der Waals surface area contributed by atoms with Crippen LogP contribution in [0.4, 0.5) is 13.2 Å². The molecule has 1 fully saturated rings. The van der Waals surface area contributed by atoms with Crippen molar-refractivity contribution in [1.29, 1.82) is 0 Å². The van der Waals surface area contributed by atoms with Gasteiger partial charge in [-0.1, -0.05) is 0 Å². The van der Waals surface area contributed by atoms with E-state index in [2.05, 4.69) is 15.6 Å². The van der Waals surface area contributed by atoms with Gasteiger partial charge in [-0.05, 0) is 31.9 Å². The average molecular weight is 540 g/mol. The fraction of sp³-hybridized carbons (Fsp3) is 0.667. The number of hydrogen-bond acceptors (Lipinski definition) is 5. The SMILES string of the molecule is CCNC(=NCC(O)c1ccco1)NC1CCN(S(=O)(=O)C(F)(F)F)CC1.I. The molecule has 2 heterocycles. The monoisotopic (exact) mass is 540 g/mol. The predicted molar refractivity (Wildman–Crippen MR) is 108 cm³/mol. The predicted octanol–water partition coefficient (Wildman–Crippen LogP) is 1.80. The molecule has 1 aromatic heterocycles. The van der Waals surface area contributed by atoms with Gasteiger partial charge >= 0.3 is 15.5 Å². The highest BCUT2D eigenvalue weighted by atomic mass is 127. The van der Waals surface area contributed by atoms with Crippen molar-refractivity contribution >= 4 is 40.0 Å². The summed E-state index contributed by atoms with van der Waals surface area (Å²) in [6.45, 7) is 1.97. The lowest BCUT2D eigenvalue weighted by Crippen LogP contribution is -2.51. The van der Waals surface area contributed by atoms with Gasteiger partial charge in [0, 0.05) is 25.7 Å². The molecule has 13 heteroatoms. The molecular formula is C15H24F3IN4O4S. The van der Waals surface area contributed by atoms with Crippen LogP contribution in [0.3, 0.4) is 0 Å². The molecule has 0 radical (unpaired) electrons. The fourth-order valence-corrected chi connectivity index (χ4v) is 3.63. The zero-order valence-electron chi connectivity index (χ0n) is 15.1. The van der Waals surface area contributed by atoms with E-state index < -0.39 is 21.6 Å². The van der Waals surface area contributed by atoms with Gasteiger partial charge in [0.15, 0.2) is 5.96 Å². The van der Waals surface area contributed by atoms with Gasteiger partial charge in [0.2, 0.25) is 0 Å². The molecule has 0 bridgehead atoms. The van der Waals surface area contributed by atoms with Crippen LogP contribution < -0.4 is 10.6 Å². The van der Waals surface area contributed by atoms with Crippen LogP contribution in [-0.4, -0.2) is 61.5 Å². The summed E-state index contributed by atoms with van der Waals surface area (Å²) in [5.41, 5.74) is -5.29. The topological polar surface area (TPSA) is 107 Å². The summed E-state index contributed by atoms with van der Waals surface area (Å²) in [6.07, 6.45) is 0.935. The maximum atomic E-state index is 12.6. The Morgan fingerprint density at radius 3 is 2.57 bits per heavy atom. The highest BCUT2D eigenvalue weighted by Crippen LogP contribution is 2.28. The van der Waals surface area contributed by atoms with Crippen LogP contribution in [0.5, 0.6) is 0 Å². The Labute approximate surface area is 178 Å². The molecule has 0 spiro atoms. The minimum absolute atomic E-state index is 0. The zero-order valence-corrected chi connectivity index (χ0v) is 18.3. The van der Waals surface area contributed by atoms with Crippen LogP contribution >= 0.6 is 24.0 Å². The van der Waals surface area contributed by atoms with Crippen LogP contribution in [0.2, 0.25) is 0 Å². The average Bonchev–Trinajstić information content (AvgIpc) is 3.14. The van der Waals surface area contributed by atoms with Crippen LogP contribution in [0.1, 0.15) is 31.6 Å². The summed E-state index contributed by atoms with van der Waals surface area (Å²) in [6, 6.07) is 3.04. The number of nitrogens with one attached hydrogen (secondary N) is 2. The lowest BCUT2D eigenvalue weighted by molar-refractivity contribution is -0.0494. The van der Waals surface area contributed by atoms with Crippen molar-refractivity contribution in [3.05, 3.63) is 24.2 Å². The van der Waals surface area contributed by atoms with Crippen molar-refractivity contribution in [3.63, 3.8) is 0 Å². The second-order valence-corrected chi connectivity index (χ2v) is 7.95. The lowest BCUT2D eigenvalue weighted by atomic mass is 10.1. The molecule has 0 amide bonds. The van der Waals surface area contributed by atoms with Crippen LogP contribution in [-0.2, 0) is 10.0 Å². The Morgan fingerprint density at radius 2 is 2.07 bits per heavy atom. The second kappa shape index (κ2) is 10.6. The van der Waals surface area contributed by atoms with Crippen molar-refractivity contribution in [2.45, 2.75) is 37.4 Å². The van der Waals surface area contributed by atoms with Crippen molar-refractivity contribution < 1.29 is 31.1 Å². The number of guanidine groups is 1. The smallest absolute Gasteiger partial charge is 0.467 e. The first-order valence-electron chi connectivity index (χ1n) is 8.48. The van der Waals surface area contributed by atoms with Gasteiger partial charge in [0.25, 0.3) is 0 Å². The van der Waals surface area contributed by atoms with Crippen LogP contribution in [0, 0.1) is 0 Å². The molecule has 1 aliphatic heterocycles. The van der Waals surface area contributed by atoms with Gasteiger partial charge in [-0.3, -0.25) is 4.99 Å². The lowest BCUT2D eigenvalue weighted by Gasteiger charge is -2.32. The Morgan fingerprint density at radius 1 is 1.43 bits per heavy atom. The number of aliphatic imine (C=N–C) groups is 1. The highest BCUT2D eigenvalue weighted by molar-refractivity contribution is 14.0. The molecular weight excluding hydrogens is 516 g/mol. The van der Waals surface area contributed by atoms with E-state index in [1.54, 1.807) is 12.1 Å². The summed E-state index contributed by atoms with van der Waals surface area (Å²) in [5, 5.41) is 16.0. The number of aliphatic hydroxyl groups is 1. The standard InChI is InChI=1S/C15H23F3N4O4S.HI/c1-2-19-14(20-10-12(23)13-4-3-9-26-13)21-11-5-7-22(8-6-11)27(24,25)15(16,17)18;/h3-4,9,11-12,23H,2,5-8,10H2,1H3,(H2,19,20,21);1H. The molecule has 2 rings (SSSR count). The Balaban J connectivity index is 0.00000392. The van der Waals surface area contributed by atoms with Crippen LogP contribution in [0.15, 0.2) is 27.8 Å². The normalized spacial score (nSPS) is 18.4. The maximum Gasteiger partial charge on any atom is 0.511 e. The molecule has 1 unspecified atom stereocenters. The maximum absolute atomic E-state index is 12.6. The largest absolute Gasteiger partial charge is 0.511 e. The number of piperidine rings is 1. The zero-order chi connectivity index (χ0) is 20.1. The Hall–Kier alpha value is -1.06. The van der Waals surface area contributed by atoms with E-state index in [0.717, 1.165) is 0 Å². The summed E-state index contributed by atoms with van der Waals surface area (Å²) >= 11 is 0. The summed E-state index contributed by atoms with van der Waals surface area (Å²) < 4.78 is 66.3. The Bertz CT molecular complexity index is 720. The number of aliphatic hydroxyl groups excluding tert-OH is 1. The molecule has 1 atom stereocenters. The van der Waals surface area contributed by atoms with E-state index in [9.17, 15) is 26.7 Å². The van der Waals surface area contributed by atoms with E-state index in [1.165, 1.54) is 6.26 Å².